The molecule has 4 heterocycles. The monoisotopic (exact) mass is 375 g/mol. The van der Waals surface area contributed by atoms with Crippen LogP contribution in [0.25, 0.3) is 16.6 Å². The lowest BCUT2D eigenvalue weighted by molar-refractivity contribution is 0.726. The molecule has 0 spiro atoms. The molecule has 0 amide bonds. The van der Waals surface area contributed by atoms with Crippen molar-refractivity contribution in [3.63, 3.8) is 0 Å². The fourth-order valence-electron chi connectivity index (χ4n) is 3.81. The minimum Gasteiger partial charge on any atom is -0.353 e. The smallest absolute Gasteiger partial charge is 0.262 e. The van der Waals surface area contributed by atoms with Crippen molar-refractivity contribution in [1.29, 1.82) is 0 Å². The molecule has 0 atom stereocenters. The van der Waals surface area contributed by atoms with Crippen molar-refractivity contribution >= 4 is 28.3 Å². The van der Waals surface area contributed by atoms with Gasteiger partial charge >= 0.3 is 0 Å². The zero-order chi connectivity index (χ0) is 19.1. The highest BCUT2D eigenvalue weighted by molar-refractivity contribution is 5.78. The first-order chi connectivity index (χ1) is 13.7. The lowest BCUT2D eigenvalue weighted by atomic mass is 10.2. The lowest BCUT2D eigenvalue weighted by Gasteiger charge is -2.24. The van der Waals surface area contributed by atoms with Gasteiger partial charge < -0.3 is 9.80 Å². The highest BCUT2D eigenvalue weighted by Crippen LogP contribution is 2.19. The van der Waals surface area contributed by atoms with Crippen LogP contribution in [0.4, 0.5) is 11.8 Å². The molecule has 0 bridgehead atoms. The van der Waals surface area contributed by atoms with Crippen molar-refractivity contribution in [3.05, 3.63) is 59.1 Å². The van der Waals surface area contributed by atoms with Gasteiger partial charge in [0.05, 0.1) is 10.9 Å². The number of benzene rings is 1. The number of anilines is 2. The largest absolute Gasteiger partial charge is 0.353 e. The lowest BCUT2D eigenvalue weighted by Crippen LogP contribution is -2.35. The third-order valence-electron chi connectivity index (χ3n) is 5.30. The Morgan fingerprint density at radius 3 is 2.71 bits per heavy atom. The SMILES string of the molecule is Cn1c(N2CCCN(c3ccc4nccn4n3)CC2)nc2ccccc2c1=O. The molecule has 1 fully saturated rings. The second-order valence-electron chi connectivity index (χ2n) is 7.04. The van der Waals surface area contributed by atoms with Gasteiger partial charge in [-0.3, -0.25) is 9.36 Å². The summed E-state index contributed by atoms with van der Waals surface area (Å²) in [7, 11) is 1.80. The Morgan fingerprint density at radius 2 is 1.79 bits per heavy atom. The van der Waals surface area contributed by atoms with Gasteiger partial charge in [0.1, 0.15) is 5.82 Å². The normalized spacial score (nSPS) is 15.3. The number of para-hydroxylation sites is 1. The van der Waals surface area contributed by atoms with E-state index in [1.54, 1.807) is 22.3 Å². The Morgan fingerprint density at radius 1 is 0.964 bits per heavy atom. The third kappa shape index (κ3) is 2.77. The van der Waals surface area contributed by atoms with Crippen molar-refractivity contribution in [1.82, 2.24) is 24.1 Å². The number of nitrogens with zero attached hydrogens (tertiary/aromatic N) is 7. The molecule has 1 aliphatic rings. The summed E-state index contributed by atoms with van der Waals surface area (Å²) in [5, 5.41) is 5.32. The summed E-state index contributed by atoms with van der Waals surface area (Å²) < 4.78 is 3.46. The van der Waals surface area contributed by atoms with Crippen molar-refractivity contribution < 1.29 is 0 Å². The fraction of sp³-hybridized carbons (Fsp3) is 0.300. The molecule has 0 saturated carbocycles. The number of hydrogen-bond donors (Lipinski definition) is 0. The number of hydrogen-bond acceptors (Lipinski definition) is 6. The van der Waals surface area contributed by atoms with Crippen molar-refractivity contribution in [3.8, 4) is 0 Å². The summed E-state index contributed by atoms with van der Waals surface area (Å²) in [5.74, 6) is 1.66. The molecule has 142 valence electrons. The topological polar surface area (TPSA) is 71.6 Å². The molecule has 1 aromatic carbocycles. The predicted molar refractivity (Wildman–Crippen MR) is 109 cm³/mol. The van der Waals surface area contributed by atoms with Crippen LogP contribution >= 0.6 is 0 Å². The van der Waals surface area contributed by atoms with Crippen molar-refractivity contribution in [2.45, 2.75) is 6.42 Å². The van der Waals surface area contributed by atoms with Crippen LogP contribution < -0.4 is 15.4 Å². The van der Waals surface area contributed by atoms with E-state index in [0.717, 1.165) is 55.5 Å². The average molecular weight is 375 g/mol. The van der Waals surface area contributed by atoms with E-state index < -0.39 is 0 Å². The quantitative estimate of drug-likeness (QED) is 0.531. The Balaban J connectivity index is 1.43. The Hall–Kier alpha value is -3.42. The van der Waals surface area contributed by atoms with Crippen LogP contribution in [0.5, 0.6) is 0 Å². The van der Waals surface area contributed by atoms with E-state index in [-0.39, 0.29) is 5.56 Å². The summed E-state index contributed by atoms with van der Waals surface area (Å²) in [6, 6.07) is 11.5. The molecule has 5 rings (SSSR count). The summed E-state index contributed by atoms with van der Waals surface area (Å²) in [4.78, 5) is 26.2. The molecule has 1 saturated heterocycles. The Bertz CT molecular complexity index is 1210. The Labute approximate surface area is 161 Å². The van der Waals surface area contributed by atoms with E-state index in [1.165, 1.54) is 0 Å². The summed E-state index contributed by atoms with van der Waals surface area (Å²) >= 11 is 0. The molecule has 1 aliphatic heterocycles. The summed E-state index contributed by atoms with van der Waals surface area (Å²) in [6.07, 6.45) is 4.58. The van der Waals surface area contributed by atoms with Gasteiger partial charge in [0.25, 0.3) is 5.56 Å². The molecule has 0 aliphatic carbocycles. The zero-order valence-corrected chi connectivity index (χ0v) is 15.7. The number of rotatable bonds is 2. The number of aromatic nitrogens is 5. The molecule has 3 aromatic heterocycles. The van der Waals surface area contributed by atoms with E-state index in [9.17, 15) is 4.79 Å². The Kier molecular flexibility index (Phi) is 3.96. The highest BCUT2D eigenvalue weighted by Gasteiger charge is 2.20. The van der Waals surface area contributed by atoms with Crippen LogP contribution in [0, 0.1) is 0 Å². The summed E-state index contributed by atoms with van der Waals surface area (Å²) in [6.45, 7) is 3.35. The van der Waals surface area contributed by atoms with E-state index in [4.69, 9.17) is 4.98 Å². The molecule has 0 radical (unpaired) electrons. The molecule has 0 N–H and O–H groups in total. The van der Waals surface area contributed by atoms with E-state index >= 15 is 0 Å². The van der Waals surface area contributed by atoms with Crippen LogP contribution in [0.1, 0.15) is 6.42 Å². The molecule has 8 nitrogen and oxygen atoms in total. The molecule has 0 unspecified atom stereocenters. The standard InChI is InChI=1S/C20H21N7O/c1-24-19(28)15-5-2-3-6-16(15)22-20(24)26-11-4-10-25(13-14-26)18-8-7-17-21-9-12-27(17)23-18/h2-3,5-9,12H,4,10-11,13-14H2,1H3. The van der Waals surface area contributed by atoms with Gasteiger partial charge in [0.2, 0.25) is 5.95 Å². The first kappa shape index (κ1) is 16.7. The second kappa shape index (κ2) is 6.63. The maximum Gasteiger partial charge on any atom is 0.262 e. The molecular formula is C20H21N7O. The van der Waals surface area contributed by atoms with Gasteiger partial charge in [-0.1, -0.05) is 12.1 Å². The van der Waals surface area contributed by atoms with Crippen LogP contribution in [0.2, 0.25) is 0 Å². The highest BCUT2D eigenvalue weighted by atomic mass is 16.1. The first-order valence-electron chi connectivity index (χ1n) is 9.47. The van der Waals surface area contributed by atoms with Crippen LogP contribution in [0.15, 0.2) is 53.6 Å². The summed E-state index contributed by atoms with van der Waals surface area (Å²) in [5.41, 5.74) is 1.58. The van der Waals surface area contributed by atoms with Gasteiger partial charge in [-0.25, -0.2) is 14.5 Å². The predicted octanol–water partition coefficient (Wildman–Crippen LogP) is 1.69. The van der Waals surface area contributed by atoms with E-state index in [2.05, 4.69) is 19.9 Å². The van der Waals surface area contributed by atoms with Crippen molar-refractivity contribution in [2.24, 2.45) is 7.05 Å². The van der Waals surface area contributed by atoms with E-state index in [1.807, 2.05) is 42.6 Å². The third-order valence-corrected chi connectivity index (χ3v) is 5.30. The zero-order valence-electron chi connectivity index (χ0n) is 15.7. The van der Waals surface area contributed by atoms with Crippen LogP contribution in [0.3, 0.4) is 0 Å². The molecule has 8 heteroatoms. The first-order valence-corrected chi connectivity index (χ1v) is 9.47. The van der Waals surface area contributed by atoms with Gasteiger partial charge in [0.15, 0.2) is 5.65 Å². The van der Waals surface area contributed by atoms with Gasteiger partial charge in [-0.05, 0) is 30.7 Å². The molecule has 4 aromatic rings. The van der Waals surface area contributed by atoms with Crippen molar-refractivity contribution in [2.75, 3.05) is 36.0 Å². The average Bonchev–Trinajstić information content (AvgIpc) is 3.06. The van der Waals surface area contributed by atoms with Crippen LogP contribution in [-0.4, -0.2) is 50.3 Å². The van der Waals surface area contributed by atoms with Crippen LogP contribution in [-0.2, 0) is 7.05 Å². The molecular weight excluding hydrogens is 354 g/mol. The number of imidazole rings is 1. The maximum absolute atomic E-state index is 12.7. The fourth-order valence-corrected chi connectivity index (χ4v) is 3.81. The van der Waals surface area contributed by atoms with Gasteiger partial charge in [0, 0.05) is 45.6 Å². The number of fused-ring (bicyclic) bond motifs is 2. The van der Waals surface area contributed by atoms with Gasteiger partial charge in [-0.2, -0.15) is 0 Å². The molecule has 28 heavy (non-hydrogen) atoms. The minimum absolute atomic E-state index is 0.00562. The van der Waals surface area contributed by atoms with E-state index in [0.29, 0.717) is 5.39 Å². The van der Waals surface area contributed by atoms with Gasteiger partial charge in [-0.15, -0.1) is 5.10 Å². The second-order valence-corrected chi connectivity index (χ2v) is 7.04. The minimum atomic E-state index is -0.00562. The maximum atomic E-state index is 12.7.